The molecule has 6 rings (SSSR count). The maximum atomic E-state index is 13.0. The van der Waals surface area contributed by atoms with Gasteiger partial charge >= 0.3 is 12.0 Å². The molecule has 2 aromatic carbocycles. The van der Waals surface area contributed by atoms with Crippen LogP contribution in [0.15, 0.2) is 67.1 Å². The van der Waals surface area contributed by atoms with Gasteiger partial charge in [0.2, 0.25) is 5.91 Å². The Morgan fingerprint density at radius 3 is 2.51 bits per heavy atom. The molecule has 0 radical (unpaired) electrons. The Morgan fingerprint density at radius 1 is 1.02 bits per heavy atom. The number of nitrogens with zero attached hydrogens (tertiary/aromatic N) is 6. The van der Waals surface area contributed by atoms with Gasteiger partial charge in [0, 0.05) is 25.2 Å². The fourth-order valence-corrected chi connectivity index (χ4v) is 6.03. The van der Waals surface area contributed by atoms with Gasteiger partial charge in [0.05, 0.1) is 34.3 Å². The van der Waals surface area contributed by atoms with Crippen molar-refractivity contribution in [3.05, 3.63) is 83.9 Å². The van der Waals surface area contributed by atoms with Crippen LogP contribution in [-0.4, -0.2) is 43.2 Å². The molecule has 5 aromatic rings. The molecular weight excluding hydrogens is 588 g/mol. The van der Waals surface area contributed by atoms with E-state index in [1.54, 1.807) is 15.8 Å². The number of amides is 3. The van der Waals surface area contributed by atoms with Gasteiger partial charge in [-0.05, 0) is 79.6 Å². The van der Waals surface area contributed by atoms with E-state index >= 15 is 0 Å². The number of nitrogens with one attached hydrogen (secondary N) is 2. The van der Waals surface area contributed by atoms with Crippen LogP contribution in [0, 0.1) is 19.8 Å². The number of anilines is 3. The minimum absolute atomic E-state index is 0.123. The number of urea groups is 1. The molecule has 1 aliphatic heterocycles. The summed E-state index contributed by atoms with van der Waals surface area (Å²) in [7, 11) is 0. The highest BCUT2D eigenvalue weighted by Crippen LogP contribution is 2.34. The number of rotatable bonds is 9. The lowest BCUT2D eigenvalue weighted by Gasteiger charge is -2.13. The number of benzene rings is 2. The summed E-state index contributed by atoms with van der Waals surface area (Å²) in [6.07, 6.45) is 7.00. The third kappa shape index (κ3) is 6.86. The molecule has 0 unspecified atom stereocenters. The topological polar surface area (TPSA) is 127 Å². The van der Waals surface area contributed by atoms with Crippen LogP contribution in [0.2, 0.25) is 0 Å². The van der Waals surface area contributed by atoms with Crippen LogP contribution in [0.3, 0.4) is 0 Å². The number of aryl methyl sites for hydroxylation is 1. The van der Waals surface area contributed by atoms with Gasteiger partial charge in [-0.2, -0.15) is 5.10 Å². The van der Waals surface area contributed by atoms with E-state index in [1.165, 1.54) is 23.7 Å². The second-order valence-electron chi connectivity index (χ2n) is 11.4. The lowest BCUT2D eigenvalue weighted by Crippen LogP contribution is -2.23. The molecule has 0 bridgehead atoms. The van der Waals surface area contributed by atoms with Gasteiger partial charge in [0.15, 0.2) is 5.13 Å². The second kappa shape index (κ2) is 12.9. The van der Waals surface area contributed by atoms with Crippen molar-refractivity contribution < 1.29 is 14.3 Å². The molecule has 0 saturated carbocycles. The molecular formula is C33H34N8O3S. The Bertz CT molecular complexity index is 1830. The van der Waals surface area contributed by atoms with E-state index in [4.69, 9.17) is 9.84 Å². The first-order chi connectivity index (χ1) is 21.7. The summed E-state index contributed by atoms with van der Waals surface area (Å²) in [5, 5.41) is 11.2. The minimum atomic E-state index is -0.439. The number of thiazole rings is 1. The minimum Gasteiger partial charge on any atom is -0.424 e. The van der Waals surface area contributed by atoms with Crippen molar-refractivity contribution in [3.63, 3.8) is 0 Å². The van der Waals surface area contributed by atoms with Crippen LogP contribution in [0.4, 0.5) is 21.4 Å². The van der Waals surface area contributed by atoms with Crippen molar-refractivity contribution in [1.29, 1.82) is 0 Å². The fourth-order valence-electron chi connectivity index (χ4n) is 5.06. The number of ether oxygens (including phenoxy) is 1. The lowest BCUT2D eigenvalue weighted by atomic mass is 10.1. The zero-order chi connectivity index (χ0) is 31.5. The van der Waals surface area contributed by atoms with Crippen LogP contribution in [-0.2, 0) is 11.2 Å². The number of carbonyl (C=O) groups excluding carboxylic acids is 2. The third-order valence-electron chi connectivity index (χ3n) is 7.45. The predicted octanol–water partition coefficient (Wildman–Crippen LogP) is 7.16. The summed E-state index contributed by atoms with van der Waals surface area (Å²) in [6.45, 7) is 9.09. The molecule has 0 aliphatic carbocycles. The molecule has 12 heteroatoms. The molecule has 2 N–H and O–H groups in total. The van der Waals surface area contributed by atoms with E-state index in [0.717, 1.165) is 57.5 Å². The van der Waals surface area contributed by atoms with E-state index in [-0.39, 0.29) is 11.9 Å². The van der Waals surface area contributed by atoms with Crippen LogP contribution >= 0.6 is 11.3 Å². The maximum Gasteiger partial charge on any atom is 0.324 e. The van der Waals surface area contributed by atoms with Crippen molar-refractivity contribution in [2.45, 2.75) is 47.0 Å². The molecule has 1 aliphatic rings. The van der Waals surface area contributed by atoms with Crippen LogP contribution in [0.1, 0.15) is 43.5 Å². The van der Waals surface area contributed by atoms with Gasteiger partial charge in [-0.1, -0.05) is 37.3 Å². The van der Waals surface area contributed by atoms with Crippen LogP contribution in [0.25, 0.3) is 16.1 Å². The summed E-state index contributed by atoms with van der Waals surface area (Å²) < 4.78 is 7.60. The molecule has 0 spiro atoms. The highest BCUT2D eigenvalue weighted by Gasteiger charge is 2.24. The first-order valence-corrected chi connectivity index (χ1v) is 15.6. The number of hydrogen-bond donors (Lipinski definition) is 2. The number of carbonyl (C=O) groups is 2. The first kappa shape index (κ1) is 29.9. The number of aromatic nitrogens is 5. The molecule has 4 heterocycles. The zero-order valence-electron chi connectivity index (χ0n) is 25.6. The fraction of sp³-hybridized carbons (Fsp3) is 0.273. The standard InChI is InChI=1S/C33H34N8O3S/c1-20(2)15-24-16-29(41(39-24)27-8-5-7-21(3)22(27)4)38-31(43)37-25-17-34-32(35-18-25)44-26-12-10-23(11-13-26)28-19-36-33(45-28)40-14-6-9-30(40)42/h5,7-8,10-13,16-20H,6,9,14-15H2,1-4H3,(H2,37,38,43). The summed E-state index contributed by atoms with van der Waals surface area (Å²) in [5.41, 5.74) is 5.42. The van der Waals surface area contributed by atoms with Gasteiger partial charge in [-0.15, -0.1) is 0 Å². The van der Waals surface area contributed by atoms with E-state index < -0.39 is 6.03 Å². The average molecular weight is 623 g/mol. The maximum absolute atomic E-state index is 13.0. The number of hydrogen-bond acceptors (Lipinski definition) is 8. The predicted molar refractivity (Wildman–Crippen MR) is 175 cm³/mol. The van der Waals surface area contributed by atoms with Crippen molar-refractivity contribution in [2.24, 2.45) is 5.92 Å². The highest BCUT2D eigenvalue weighted by atomic mass is 32.1. The molecule has 3 aromatic heterocycles. The normalized spacial score (nSPS) is 13.0. The first-order valence-electron chi connectivity index (χ1n) is 14.8. The van der Waals surface area contributed by atoms with E-state index in [2.05, 4.69) is 52.4 Å². The van der Waals surface area contributed by atoms with Gasteiger partial charge < -0.3 is 10.1 Å². The monoisotopic (exact) mass is 622 g/mol. The zero-order valence-corrected chi connectivity index (χ0v) is 26.4. The Hall–Kier alpha value is -5.10. The SMILES string of the molecule is Cc1cccc(-n2nc(CC(C)C)cc2NC(=O)Nc2cnc(Oc3ccc(-c4cnc(N5CCCC5=O)s4)cc3)nc2)c1C. The molecule has 230 valence electrons. The third-order valence-corrected chi connectivity index (χ3v) is 8.52. The highest BCUT2D eigenvalue weighted by molar-refractivity contribution is 7.19. The molecule has 1 saturated heterocycles. The van der Waals surface area contributed by atoms with E-state index in [1.807, 2.05) is 49.4 Å². The van der Waals surface area contributed by atoms with Gasteiger partial charge in [0.1, 0.15) is 11.6 Å². The van der Waals surface area contributed by atoms with Crippen molar-refractivity contribution >= 4 is 39.9 Å². The van der Waals surface area contributed by atoms with E-state index in [0.29, 0.717) is 29.6 Å². The van der Waals surface area contributed by atoms with Crippen molar-refractivity contribution in [1.82, 2.24) is 24.7 Å². The van der Waals surface area contributed by atoms with Crippen LogP contribution < -0.4 is 20.3 Å². The Labute approximate surface area is 265 Å². The van der Waals surface area contributed by atoms with Gasteiger partial charge in [0.25, 0.3) is 0 Å². The Morgan fingerprint density at radius 2 is 1.80 bits per heavy atom. The Kier molecular flexibility index (Phi) is 8.56. The summed E-state index contributed by atoms with van der Waals surface area (Å²) in [6, 6.07) is 15.1. The quantitative estimate of drug-likeness (QED) is 0.178. The molecule has 1 fully saturated rings. The largest absolute Gasteiger partial charge is 0.424 e. The second-order valence-corrected chi connectivity index (χ2v) is 12.4. The van der Waals surface area contributed by atoms with Crippen molar-refractivity contribution in [2.75, 3.05) is 22.1 Å². The van der Waals surface area contributed by atoms with Crippen LogP contribution in [0.5, 0.6) is 11.8 Å². The van der Waals surface area contributed by atoms with Gasteiger partial charge in [-0.25, -0.2) is 24.4 Å². The molecule has 45 heavy (non-hydrogen) atoms. The molecule has 11 nitrogen and oxygen atoms in total. The summed E-state index contributed by atoms with van der Waals surface area (Å²) in [4.78, 5) is 40.7. The Balaban J connectivity index is 1.08. The van der Waals surface area contributed by atoms with Crippen molar-refractivity contribution in [3.8, 4) is 27.9 Å². The molecule has 3 amide bonds. The summed E-state index contributed by atoms with van der Waals surface area (Å²) >= 11 is 1.49. The molecule has 0 atom stereocenters. The summed E-state index contributed by atoms with van der Waals surface area (Å²) in [5.74, 6) is 1.68. The van der Waals surface area contributed by atoms with Gasteiger partial charge in [-0.3, -0.25) is 15.0 Å². The average Bonchev–Trinajstić information content (AvgIpc) is 3.76. The lowest BCUT2D eigenvalue weighted by molar-refractivity contribution is -0.117. The van der Waals surface area contributed by atoms with E-state index in [9.17, 15) is 9.59 Å². The smallest absolute Gasteiger partial charge is 0.324 e.